The van der Waals surface area contributed by atoms with Crippen LogP contribution in [0, 0.1) is 6.92 Å². The topological polar surface area (TPSA) is 93.7 Å². The maximum Gasteiger partial charge on any atom is 0.330 e. The third-order valence-corrected chi connectivity index (χ3v) is 6.49. The number of amides is 3. The number of rotatable bonds is 4. The number of aromatic nitrogens is 2. The van der Waals surface area contributed by atoms with E-state index in [9.17, 15) is 14.4 Å². The summed E-state index contributed by atoms with van der Waals surface area (Å²) in [5.41, 5.74) is 1.73. The van der Waals surface area contributed by atoms with Crippen molar-refractivity contribution in [2.75, 3.05) is 44.6 Å². The van der Waals surface area contributed by atoms with E-state index in [1.165, 1.54) is 6.42 Å². The summed E-state index contributed by atoms with van der Waals surface area (Å²) in [6.07, 6.45) is 5.00. The predicted octanol–water partition coefficient (Wildman–Crippen LogP) is 2.02. The van der Waals surface area contributed by atoms with Gasteiger partial charge in [0.25, 0.3) is 0 Å². The van der Waals surface area contributed by atoms with Crippen LogP contribution in [0.5, 0.6) is 0 Å². The first-order chi connectivity index (χ1) is 15.4. The number of nitrogens with one attached hydrogen (secondary N) is 2. The van der Waals surface area contributed by atoms with Crippen LogP contribution in [0.15, 0.2) is 35.3 Å². The van der Waals surface area contributed by atoms with Crippen molar-refractivity contribution in [3.05, 3.63) is 46.6 Å². The number of carbonyl (C=O) groups is 2. The van der Waals surface area contributed by atoms with Crippen LogP contribution >= 0.6 is 0 Å². The minimum atomic E-state index is -0.245. The number of urea groups is 1. The molecule has 9 nitrogen and oxygen atoms in total. The van der Waals surface area contributed by atoms with E-state index >= 15 is 0 Å². The molecule has 2 aromatic rings. The summed E-state index contributed by atoms with van der Waals surface area (Å²) >= 11 is 0. The van der Waals surface area contributed by atoms with Crippen LogP contribution in [0.4, 0.5) is 10.5 Å². The van der Waals surface area contributed by atoms with Gasteiger partial charge < -0.3 is 20.1 Å². The average molecular weight is 441 g/mol. The van der Waals surface area contributed by atoms with Crippen molar-refractivity contribution < 1.29 is 9.59 Å². The minimum Gasteiger partial charge on any atom is -0.339 e. The van der Waals surface area contributed by atoms with E-state index < -0.39 is 0 Å². The van der Waals surface area contributed by atoms with Crippen molar-refractivity contribution in [3.8, 4) is 5.69 Å². The molecule has 32 heavy (non-hydrogen) atoms. The van der Waals surface area contributed by atoms with Crippen LogP contribution in [0.3, 0.4) is 0 Å². The van der Waals surface area contributed by atoms with E-state index in [1.807, 2.05) is 30.0 Å². The molecule has 1 atom stereocenters. The van der Waals surface area contributed by atoms with Gasteiger partial charge in [0.05, 0.1) is 17.9 Å². The molecular formula is C23H32N6O3. The maximum atomic E-state index is 12.9. The zero-order valence-electron chi connectivity index (χ0n) is 18.8. The van der Waals surface area contributed by atoms with Gasteiger partial charge in [0.15, 0.2) is 0 Å². The Morgan fingerprint density at radius 3 is 2.53 bits per heavy atom. The second-order valence-corrected chi connectivity index (χ2v) is 8.71. The van der Waals surface area contributed by atoms with Crippen molar-refractivity contribution in [1.29, 1.82) is 0 Å². The van der Waals surface area contributed by atoms with E-state index in [0.717, 1.165) is 25.1 Å². The second-order valence-electron chi connectivity index (χ2n) is 8.71. The molecule has 0 bridgehead atoms. The number of benzene rings is 1. The molecule has 1 aromatic carbocycles. The zero-order chi connectivity index (χ0) is 22.7. The fourth-order valence-corrected chi connectivity index (χ4v) is 4.58. The van der Waals surface area contributed by atoms with E-state index in [1.54, 1.807) is 21.7 Å². The Labute approximate surface area is 188 Å². The normalized spacial score (nSPS) is 19.8. The van der Waals surface area contributed by atoms with Gasteiger partial charge in [0.2, 0.25) is 5.91 Å². The van der Waals surface area contributed by atoms with E-state index in [0.29, 0.717) is 50.1 Å². The van der Waals surface area contributed by atoms with Gasteiger partial charge >= 0.3 is 11.7 Å². The molecule has 0 radical (unpaired) electrons. The number of aryl methyl sites for hydroxylation is 1. The minimum absolute atomic E-state index is 0.191. The number of carbonyl (C=O) groups excluding carboxylic acids is 2. The molecule has 1 unspecified atom stereocenters. The first kappa shape index (κ1) is 22.1. The molecule has 0 aliphatic carbocycles. The molecule has 2 saturated heterocycles. The number of likely N-dealkylation sites (tertiary alicyclic amines) is 1. The van der Waals surface area contributed by atoms with Crippen molar-refractivity contribution in [2.24, 2.45) is 0 Å². The molecule has 4 rings (SSSR count). The predicted molar refractivity (Wildman–Crippen MR) is 123 cm³/mol. The van der Waals surface area contributed by atoms with Gasteiger partial charge in [-0.25, -0.2) is 9.59 Å². The number of anilines is 1. The lowest BCUT2D eigenvalue weighted by atomic mass is 10.0. The van der Waals surface area contributed by atoms with Gasteiger partial charge in [0.1, 0.15) is 0 Å². The average Bonchev–Trinajstić information content (AvgIpc) is 3.12. The van der Waals surface area contributed by atoms with Crippen LogP contribution in [-0.2, 0) is 4.79 Å². The number of nitrogens with zero attached hydrogens (tertiary/aromatic N) is 4. The lowest BCUT2D eigenvalue weighted by molar-refractivity contribution is -0.136. The fraction of sp³-hybridized carbons (Fsp3) is 0.522. The molecular weight excluding hydrogens is 408 g/mol. The highest BCUT2D eigenvalue weighted by Gasteiger charge is 2.27. The van der Waals surface area contributed by atoms with Crippen molar-refractivity contribution in [3.63, 3.8) is 0 Å². The quantitative estimate of drug-likeness (QED) is 0.761. The van der Waals surface area contributed by atoms with E-state index in [4.69, 9.17) is 0 Å². The number of piperazine rings is 1. The highest BCUT2D eigenvalue weighted by atomic mass is 16.2. The fourth-order valence-electron chi connectivity index (χ4n) is 4.58. The van der Waals surface area contributed by atoms with Crippen LogP contribution in [-0.4, -0.2) is 81.5 Å². The van der Waals surface area contributed by atoms with Crippen LogP contribution < -0.4 is 11.0 Å². The van der Waals surface area contributed by atoms with E-state index in [-0.39, 0.29) is 17.6 Å². The molecule has 2 fully saturated rings. The summed E-state index contributed by atoms with van der Waals surface area (Å²) in [5.74, 6) is 0.191. The van der Waals surface area contributed by atoms with Crippen molar-refractivity contribution >= 4 is 17.6 Å². The summed E-state index contributed by atoms with van der Waals surface area (Å²) in [5, 5.41) is 2.96. The monoisotopic (exact) mass is 440 g/mol. The molecule has 172 valence electrons. The van der Waals surface area contributed by atoms with Gasteiger partial charge in [-0.2, -0.15) is 0 Å². The number of para-hydroxylation sites is 2. The zero-order valence-corrected chi connectivity index (χ0v) is 18.8. The Kier molecular flexibility index (Phi) is 6.64. The van der Waals surface area contributed by atoms with E-state index in [2.05, 4.69) is 22.1 Å². The number of aromatic amines is 1. The Balaban J connectivity index is 1.34. The standard InChI is InChI=1S/C23H32N6O3/c1-17-7-5-6-10-28(17)21(30)16-26-11-13-27(14-12-26)23(32)25-19-8-3-4-9-20(19)29-18(2)15-24-22(29)31/h3-4,8-9,15,17H,5-7,10-14,16H2,1-2H3,(H,24,31)(H,25,32). The Morgan fingerprint density at radius 2 is 1.84 bits per heavy atom. The molecule has 2 aliphatic rings. The first-order valence-corrected chi connectivity index (χ1v) is 11.4. The summed E-state index contributed by atoms with van der Waals surface area (Å²) in [4.78, 5) is 46.4. The number of hydrogen-bond donors (Lipinski definition) is 2. The largest absolute Gasteiger partial charge is 0.339 e. The Hall–Kier alpha value is -3.07. The number of H-pyrrole nitrogens is 1. The summed E-state index contributed by atoms with van der Waals surface area (Å²) in [6, 6.07) is 7.39. The lowest BCUT2D eigenvalue weighted by Crippen LogP contribution is -2.53. The van der Waals surface area contributed by atoms with Crippen molar-refractivity contribution in [1.82, 2.24) is 24.3 Å². The molecule has 0 saturated carbocycles. The number of piperidine rings is 1. The smallest absolute Gasteiger partial charge is 0.330 e. The van der Waals surface area contributed by atoms with Gasteiger partial charge in [-0.3, -0.25) is 14.3 Å². The van der Waals surface area contributed by atoms with Crippen LogP contribution in [0.1, 0.15) is 31.9 Å². The first-order valence-electron chi connectivity index (χ1n) is 11.4. The Bertz CT molecular complexity index is 1020. The van der Waals surface area contributed by atoms with Gasteiger partial charge in [0, 0.05) is 50.7 Å². The SMILES string of the molecule is Cc1c[nH]c(=O)n1-c1ccccc1NC(=O)N1CCN(CC(=O)N2CCCCC2C)CC1. The third-order valence-electron chi connectivity index (χ3n) is 6.49. The summed E-state index contributed by atoms with van der Waals surface area (Å²) in [6.45, 7) is 7.67. The maximum absolute atomic E-state index is 12.9. The second kappa shape index (κ2) is 9.60. The van der Waals surface area contributed by atoms with Crippen LogP contribution in [0.25, 0.3) is 5.69 Å². The molecule has 2 aliphatic heterocycles. The van der Waals surface area contributed by atoms with Gasteiger partial charge in [-0.1, -0.05) is 12.1 Å². The lowest BCUT2D eigenvalue weighted by Gasteiger charge is -2.38. The number of imidazole rings is 1. The highest BCUT2D eigenvalue weighted by Crippen LogP contribution is 2.21. The molecule has 1 aromatic heterocycles. The molecule has 0 spiro atoms. The van der Waals surface area contributed by atoms with Gasteiger partial charge in [-0.05, 0) is 45.2 Å². The number of hydrogen-bond acceptors (Lipinski definition) is 4. The molecule has 3 heterocycles. The highest BCUT2D eigenvalue weighted by molar-refractivity contribution is 5.91. The van der Waals surface area contributed by atoms with Gasteiger partial charge in [-0.15, -0.1) is 0 Å². The third kappa shape index (κ3) is 4.72. The van der Waals surface area contributed by atoms with Crippen molar-refractivity contribution in [2.45, 2.75) is 39.2 Å². The molecule has 3 amide bonds. The Morgan fingerprint density at radius 1 is 1.09 bits per heavy atom. The van der Waals surface area contributed by atoms with Crippen LogP contribution in [0.2, 0.25) is 0 Å². The molecule has 9 heteroatoms. The summed E-state index contributed by atoms with van der Waals surface area (Å²) in [7, 11) is 0. The summed E-state index contributed by atoms with van der Waals surface area (Å²) < 4.78 is 1.54. The molecule has 2 N–H and O–H groups in total.